The van der Waals surface area contributed by atoms with Crippen LogP contribution in [0.5, 0.6) is 5.75 Å². The standard InChI is InChI=1S/C27H37N3O4/c1-19(2)25(18-28-22-9-5-20(3)6-10-22)29-27(32)24(21-7-11-23(33-4)12-8-21)17-26(31)30-13-15-34-16-14-30/h5-12,19,24-25,28H,13-18H2,1-4H3,(H,29,32)/t24-,25+/m0/s1. The number of rotatable bonds is 10. The molecule has 0 saturated carbocycles. The van der Waals surface area contributed by atoms with Gasteiger partial charge in [-0.3, -0.25) is 9.59 Å². The molecule has 1 aliphatic rings. The first kappa shape index (κ1) is 25.6. The molecule has 3 rings (SSSR count). The maximum Gasteiger partial charge on any atom is 0.228 e. The van der Waals surface area contributed by atoms with E-state index in [0.29, 0.717) is 38.6 Å². The van der Waals surface area contributed by atoms with Crippen LogP contribution in [0.3, 0.4) is 0 Å². The van der Waals surface area contributed by atoms with Gasteiger partial charge in [0, 0.05) is 37.8 Å². The summed E-state index contributed by atoms with van der Waals surface area (Å²) in [7, 11) is 1.61. The van der Waals surface area contributed by atoms with Gasteiger partial charge in [-0.25, -0.2) is 0 Å². The summed E-state index contributed by atoms with van der Waals surface area (Å²) in [6.45, 7) is 9.01. The molecule has 0 aliphatic carbocycles. The highest BCUT2D eigenvalue weighted by molar-refractivity contribution is 5.90. The summed E-state index contributed by atoms with van der Waals surface area (Å²) >= 11 is 0. The largest absolute Gasteiger partial charge is 0.497 e. The zero-order valence-electron chi connectivity index (χ0n) is 20.7. The first-order valence-corrected chi connectivity index (χ1v) is 12.0. The monoisotopic (exact) mass is 467 g/mol. The molecule has 2 atom stereocenters. The minimum absolute atomic E-state index is 0.0295. The third-order valence-corrected chi connectivity index (χ3v) is 6.29. The van der Waals surface area contributed by atoms with Crippen LogP contribution in [-0.4, -0.2) is 62.7 Å². The van der Waals surface area contributed by atoms with Crippen molar-refractivity contribution in [3.63, 3.8) is 0 Å². The zero-order chi connectivity index (χ0) is 24.5. The Bertz CT molecular complexity index is 922. The predicted molar refractivity (Wildman–Crippen MR) is 134 cm³/mol. The van der Waals surface area contributed by atoms with E-state index < -0.39 is 5.92 Å². The highest BCUT2D eigenvalue weighted by atomic mass is 16.5. The third kappa shape index (κ3) is 7.22. The van der Waals surface area contributed by atoms with E-state index in [4.69, 9.17) is 9.47 Å². The fourth-order valence-electron chi connectivity index (χ4n) is 3.95. The fourth-order valence-corrected chi connectivity index (χ4v) is 3.95. The molecule has 0 unspecified atom stereocenters. The lowest BCUT2D eigenvalue weighted by molar-refractivity contribution is -0.138. The molecule has 7 nitrogen and oxygen atoms in total. The summed E-state index contributed by atoms with van der Waals surface area (Å²) in [5.41, 5.74) is 3.01. The normalized spacial score (nSPS) is 15.5. The molecule has 2 N–H and O–H groups in total. The van der Waals surface area contributed by atoms with Gasteiger partial charge in [0.15, 0.2) is 0 Å². The second-order valence-electron chi connectivity index (χ2n) is 9.13. The number of carbonyl (C=O) groups excluding carboxylic acids is 2. The number of nitrogens with zero attached hydrogens (tertiary/aromatic N) is 1. The summed E-state index contributed by atoms with van der Waals surface area (Å²) in [5.74, 6) is 0.175. The van der Waals surface area contributed by atoms with Crippen LogP contribution in [0.4, 0.5) is 5.69 Å². The van der Waals surface area contributed by atoms with E-state index in [1.165, 1.54) is 5.56 Å². The van der Waals surface area contributed by atoms with E-state index in [9.17, 15) is 9.59 Å². The van der Waals surface area contributed by atoms with Crippen LogP contribution in [0.25, 0.3) is 0 Å². The van der Waals surface area contributed by atoms with Gasteiger partial charge >= 0.3 is 0 Å². The molecular formula is C27H37N3O4. The van der Waals surface area contributed by atoms with E-state index in [2.05, 4.69) is 43.5 Å². The first-order chi connectivity index (χ1) is 16.4. The number of aryl methyl sites for hydroxylation is 1. The second kappa shape index (κ2) is 12.4. The molecule has 2 aromatic carbocycles. The van der Waals surface area contributed by atoms with E-state index in [-0.39, 0.29) is 30.2 Å². The summed E-state index contributed by atoms with van der Waals surface area (Å²) in [6.07, 6.45) is 0.119. The van der Waals surface area contributed by atoms with Gasteiger partial charge in [-0.1, -0.05) is 43.7 Å². The minimum Gasteiger partial charge on any atom is -0.497 e. The van der Waals surface area contributed by atoms with Gasteiger partial charge in [0.05, 0.1) is 26.2 Å². The van der Waals surface area contributed by atoms with E-state index in [0.717, 1.165) is 11.3 Å². The van der Waals surface area contributed by atoms with Crippen molar-refractivity contribution in [3.05, 3.63) is 59.7 Å². The van der Waals surface area contributed by atoms with Gasteiger partial charge < -0.3 is 25.0 Å². The molecule has 184 valence electrons. The zero-order valence-corrected chi connectivity index (χ0v) is 20.7. The fraction of sp³-hybridized carbons (Fsp3) is 0.481. The minimum atomic E-state index is -0.582. The third-order valence-electron chi connectivity index (χ3n) is 6.29. The molecule has 1 saturated heterocycles. The number of anilines is 1. The SMILES string of the molecule is COc1ccc([C@H](CC(=O)N2CCOCC2)C(=O)N[C@H](CNc2ccc(C)cc2)C(C)C)cc1. The van der Waals surface area contributed by atoms with Gasteiger partial charge in [0.1, 0.15) is 5.75 Å². The molecular weight excluding hydrogens is 430 g/mol. The van der Waals surface area contributed by atoms with Crippen LogP contribution in [0.2, 0.25) is 0 Å². The van der Waals surface area contributed by atoms with Crippen LogP contribution in [0.15, 0.2) is 48.5 Å². The second-order valence-corrected chi connectivity index (χ2v) is 9.13. The molecule has 0 radical (unpaired) electrons. The van der Waals surface area contributed by atoms with Crippen molar-refractivity contribution < 1.29 is 19.1 Å². The Balaban J connectivity index is 1.73. The van der Waals surface area contributed by atoms with Gasteiger partial charge in [-0.05, 0) is 42.7 Å². The highest BCUT2D eigenvalue weighted by Gasteiger charge is 2.29. The van der Waals surface area contributed by atoms with Crippen molar-refractivity contribution in [2.75, 3.05) is 45.3 Å². The van der Waals surface area contributed by atoms with Crippen molar-refractivity contribution in [2.24, 2.45) is 5.92 Å². The van der Waals surface area contributed by atoms with Crippen molar-refractivity contribution in [1.82, 2.24) is 10.2 Å². The first-order valence-electron chi connectivity index (χ1n) is 12.0. The number of carbonyl (C=O) groups is 2. The van der Waals surface area contributed by atoms with Crippen LogP contribution >= 0.6 is 0 Å². The van der Waals surface area contributed by atoms with Crippen molar-refractivity contribution >= 4 is 17.5 Å². The maximum atomic E-state index is 13.5. The molecule has 1 aliphatic heterocycles. The van der Waals surface area contributed by atoms with Crippen LogP contribution < -0.4 is 15.4 Å². The molecule has 7 heteroatoms. The number of amides is 2. The Hall–Kier alpha value is -3.06. The molecule has 2 amide bonds. The van der Waals surface area contributed by atoms with E-state index in [1.807, 2.05) is 36.4 Å². The topological polar surface area (TPSA) is 79.9 Å². The van der Waals surface area contributed by atoms with Gasteiger partial charge in [-0.15, -0.1) is 0 Å². The number of benzene rings is 2. The lowest BCUT2D eigenvalue weighted by Crippen LogP contribution is -2.47. The molecule has 0 aromatic heterocycles. The Morgan fingerprint density at radius 3 is 2.26 bits per heavy atom. The predicted octanol–water partition coefficient (Wildman–Crippen LogP) is 3.59. The molecule has 1 heterocycles. The highest BCUT2D eigenvalue weighted by Crippen LogP contribution is 2.25. The van der Waals surface area contributed by atoms with Crippen molar-refractivity contribution in [1.29, 1.82) is 0 Å². The number of nitrogens with one attached hydrogen (secondary N) is 2. The number of hydrogen-bond donors (Lipinski definition) is 2. The smallest absolute Gasteiger partial charge is 0.228 e. The average molecular weight is 468 g/mol. The Labute approximate surface area is 202 Å². The molecule has 2 aromatic rings. The van der Waals surface area contributed by atoms with Gasteiger partial charge in [0.2, 0.25) is 11.8 Å². The summed E-state index contributed by atoms with van der Waals surface area (Å²) in [5, 5.41) is 6.63. The van der Waals surface area contributed by atoms with Gasteiger partial charge in [-0.2, -0.15) is 0 Å². The van der Waals surface area contributed by atoms with Crippen LogP contribution in [0, 0.1) is 12.8 Å². The average Bonchev–Trinajstić information content (AvgIpc) is 2.86. The number of methoxy groups -OCH3 is 1. The lowest BCUT2D eigenvalue weighted by Gasteiger charge is -2.30. The van der Waals surface area contributed by atoms with Crippen molar-refractivity contribution in [2.45, 2.75) is 39.2 Å². The lowest BCUT2D eigenvalue weighted by atomic mass is 9.92. The number of hydrogen-bond acceptors (Lipinski definition) is 5. The Kier molecular flexibility index (Phi) is 9.33. The molecule has 34 heavy (non-hydrogen) atoms. The van der Waals surface area contributed by atoms with Crippen LogP contribution in [-0.2, 0) is 14.3 Å². The maximum absolute atomic E-state index is 13.5. The Morgan fingerprint density at radius 2 is 1.68 bits per heavy atom. The number of morpholine rings is 1. The Morgan fingerprint density at radius 1 is 1.03 bits per heavy atom. The number of ether oxygens (including phenoxy) is 2. The quantitative estimate of drug-likeness (QED) is 0.558. The summed E-state index contributed by atoms with van der Waals surface area (Å²) < 4.78 is 10.6. The van der Waals surface area contributed by atoms with E-state index >= 15 is 0 Å². The summed E-state index contributed by atoms with van der Waals surface area (Å²) in [6, 6.07) is 15.5. The molecule has 0 spiro atoms. The van der Waals surface area contributed by atoms with Crippen LogP contribution in [0.1, 0.15) is 37.3 Å². The molecule has 0 bridgehead atoms. The van der Waals surface area contributed by atoms with Gasteiger partial charge in [0.25, 0.3) is 0 Å². The van der Waals surface area contributed by atoms with Crippen molar-refractivity contribution in [3.8, 4) is 5.75 Å². The van der Waals surface area contributed by atoms with E-state index in [1.54, 1.807) is 12.0 Å². The summed E-state index contributed by atoms with van der Waals surface area (Å²) in [4.78, 5) is 28.3. The molecule has 1 fully saturated rings.